The Morgan fingerprint density at radius 3 is 2.65 bits per heavy atom. The van der Waals surface area contributed by atoms with Crippen LogP contribution in [-0.2, 0) is 0 Å². The number of halogens is 1. The van der Waals surface area contributed by atoms with E-state index in [1.54, 1.807) is 12.1 Å². The van der Waals surface area contributed by atoms with Crippen molar-refractivity contribution < 1.29 is 4.79 Å². The second-order valence-corrected chi connectivity index (χ2v) is 3.80. The predicted molar refractivity (Wildman–Crippen MR) is 67.7 cm³/mol. The minimum atomic E-state index is -0.452. The summed E-state index contributed by atoms with van der Waals surface area (Å²) in [6.45, 7) is 0. The zero-order valence-corrected chi connectivity index (χ0v) is 10.0. The maximum atomic E-state index is 11.6. The van der Waals surface area contributed by atoms with Crippen molar-refractivity contribution in [3.05, 3.63) is 35.1 Å². The van der Waals surface area contributed by atoms with Gasteiger partial charge in [0.2, 0.25) is 10.7 Å². The quantitative estimate of drug-likeness (QED) is 0.734. The summed E-state index contributed by atoms with van der Waals surface area (Å²) < 4.78 is 1.20. The molecule has 0 aliphatic heterocycles. The van der Waals surface area contributed by atoms with Gasteiger partial charge >= 0.3 is 6.03 Å². The van der Waals surface area contributed by atoms with Crippen LogP contribution >= 0.6 is 24.0 Å². The minimum absolute atomic E-state index is 0.130. The van der Waals surface area contributed by atoms with Crippen molar-refractivity contribution in [2.45, 2.75) is 0 Å². The minimum Gasteiger partial charge on any atom is -0.308 e. The summed E-state index contributed by atoms with van der Waals surface area (Å²) in [6, 6.07) is 8.55. The number of anilines is 2. The standard InChI is InChI=1S/C9H8ClN5OS/c10-15-7(13-9(17)14-15)12-8(16)11-6-4-2-1-3-5-6/h1-5H,(H3,11,12,13,14,16,17). The molecular weight excluding hydrogens is 262 g/mol. The van der Waals surface area contributed by atoms with Crippen LogP contribution in [0.15, 0.2) is 30.3 Å². The Morgan fingerprint density at radius 2 is 2.06 bits per heavy atom. The van der Waals surface area contributed by atoms with Gasteiger partial charge in [0.15, 0.2) is 0 Å². The highest BCUT2D eigenvalue weighted by molar-refractivity contribution is 7.71. The average Bonchev–Trinajstić information content (AvgIpc) is 2.58. The molecule has 3 N–H and O–H groups in total. The third-order valence-corrected chi connectivity index (χ3v) is 2.27. The molecule has 0 aliphatic rings. The molecule has 1 aromatic carbocycles. The van der Waals surface area contributed by atoms with E-state index in [1.807, 2.05) is 18.2 Å². The van der Waals surface area contributed by atoms with Crippen molar-refractivity contribution >= 4 is 41.7 Å². The van der Waals surface area contributed by atoms with Gasteiger partial charge in [-0.15, -0.1) is 0 Å². The first-order chi connectivity index (χ1) is 8.15. The van der Waals surface area contributed by atoms with Gasteiger partial charge in [0.25, 0.3) is 0 Å². The molecule has 0 bridgehead atoms. The molecule has 0 fully saturated rings. The number of amides is 2. The number of hydrogen-bond donors (Lipinski definition) is 3. The number of rotatable bonds is 2. The largest absolute Gasteiger partial charge is 0.326 e. The molecule has 0 aliphatic carbocycles. The highest BCUT2D eigenvalue weighted by Crippen LogP contribution is 2.07. The van der Waals surface area contributed by atoms with Gasteiger partial charge < -0.3 is 5.32 Å². The topological polar surface area (TPSA) is 74.7 Å². The third kappa shape index (κ3) is 3.05. The third-order valence-electron chi connectivity index (χ3n) is 1.84. The molecule has 0 spiro atoms. The smallest absolute Gasteiger partial charge is 0.308 e. The molecule has 0 radical (unpaired) electrons. The number of H-pyrrole nitrogens is 1. The van der Waals surface area contributed by atoms with Gasteiger partial charge in [-0.25, -0.2) is 4.79 Å². The Balaban J connectivity index is 2.03. The van der Waals surface area contributed by atoms with E-state index in [-0.39, 0.29) is 10.7 Å². The molecular formula is C9H8ClN5OS. The van der Waals surface area contributed by atoms with Crippen molar-refractivity contribution in [3.63, 3.8) is 0 Å². The van der Waals surface area contributed by atoms with Gasteiger partial charge in [-0.05, 0) is 24.4 Å². The normalized spacial score (nSPS) is 9.94. The number of urea groups is 1. The maximum Gasteiger partial charge on any atom is 0.326 e. The SMILES string of the molecule is O=C(Nc1ccccc1)Nc1nc(=S)[nH]n1Cl. The van der Waals surface area contributed by atoms with Crippen molar-refractivity contribution in [1.82, 2.24) is 14.3 Å². The zero-order chi connectivity index (χ0) is 12.3. The van der Waals surface area contributed by atoms with Gasteiger partial charge in [-0.2, -0.15) is 9.18 Å². The van der Waals surface area contributed by atoms with Crippen LogP contribution in [-0.4, -0.2) is 20.3 Å². The van der Waals surface area contributed by atoms with E-state index in [4.69, 9.17) is 24.0 Å². The van der Waals surface area contributed by atoms with Crippen LogP contribution in [0.4, 0.5) is 16.4 Å². The predicted octanol–water partition coefficient (Wildman–Crippen LogP) is 2.59. The summed E-state index contributed by atoms with van der Waals surface area (Å²) >= 11 is 10.4. The molecule has 0 saturated heterocycles. The number of nitrogens with one attached hydrogen (secondary N) is 3. The van der Waals surface area contributed by atoms with E-state index in [1.165, 1.54) is 0 Å². The zero-order valence-electron chi connectivity index (χ0n) is 8.48. The first-order valence-corrected chi connectivity index (χ1v) is 5.38. The van der Waals surface area contributed by atoms with E-state index >= 15 is 0 Å². The van der Waals surface area contributed by atoms with Crippen LogP contribution in [0.5, 0.6) is 0 Å². The van der Waals surface area contributed by atoms with Crippen LogP contribution in [0.3, 0.4) is 0 Å². The molecule has 17 heavy (non-hydrogen) atoms. The Labute approximate surface area is 107 Å². The van der Waals surface area contributed by atoms with E-state index in [0.717, 1.165) is 4.20 Å². The lowest BCUT2D eigenvalue weighted by Crippen LogP contribution is -2.20. The number of aromatic amines is 1. The fraction of sp³-hybridized carbons (Fsp3) is 0. The van der Waals surface area contributed by atoms with Gasteiger partial charge in [0, 0.05) is 17.5 Å². The number of nitrogens with zero attached hydrogens (tertiary/aromatic N) is 2. The number of carbonyl (C=O) groups is 1. The number of carbonyl (C=O) groups excluding carboxylic acids is 1. The van der Waals surface area contributed by atoms with Crippen LogP contribution in [0, 0.1) is 4.77 Å². The molecule has 1 heterocycles. The van der Waals surface area contributed by atoms with Crippen molar-refractivity contribution in [2.75, 3.05) is 10.6 Å². The summed E-state index contributed by atoms with van der Waals surface area (Å²) in [5.74, 6) is 0.130. The summed E-state index contributed by atoms with van der Waals surface area (Å²) in [6.07, 6.45) is 0. The second kappa shape index (κ2) is 4.98. The fourth-order valence-electron chi connectivity index (χ4n) is 1.16. The fourth-order valence-corrected chi connectivity index (χ4v) is 1.55. The van der Waals surface area contributed by atoms with Crippen LogP contribution in [0.25, 0.3) is 0 Å². The molecule has 0 unspecified atom stereocenters. The molecule has 8 heteroatoms. The lowest BCUT2D eigenvalue weighted by Gasteiger charge is -2.05. The molecule has 0 atom stereocenters. The monoisotopic (exact) mass is 269 g/mol. The van der Waals surface area contributed by atoms with Crippen LogP contribution < -0.4 is 10.6 Å². The van der Waals surface area contributed by atoms with Crippen molar-refractivity contribution in [3.8, 4) is 0 Å². The molecule has 2 rings (SSSR count). The summed E-state index contributed by atoms with van der Waals surface area (Å²) in [5, 5.41) is 7.59. The van der Waals surface area contributed by atoms with Gasteiger partial charge in [-0.3, -0.25) is 10.4 Å². The van der Waals surface area contributed by atoms with Crippen LogP contribution in [0.2, 0.25) is 0 Å². The Kier molecular flexibility index (Phi) is 3.40. The number of para-hydroxylation sites is 1. The Morgan fingerprint density at radius 1 is 1.35 bits per heavy atom. The molecule has 2 aromatic rings. The highest BCUT2D eigenvalue weighted by atomic mass is 35.5. The number of aromatic nitrogens is 3. The van der Waals surface area contributed by atoms with Crippen LogP contribution in [0.1, 0.15) is 0 Å². The summed E-state index contributed by atoms with van der Waals surface area (Å²) in [4.78, 5) is 15.4. The lowest BCUT2D eigenvalue weighted by atomic mass is 10.3. The van der Waals surface area contributed by atoms with Gasteiger partial charge in [-0.1, -0.05) is 18.2 Å². The van der Waals surface area contributed by atoms with E-state index in [0.29, 0.717) is 5.69 Å². The number of hydrogen-bond acceptors (Lipinski definition) is 3. The average molecular weight is 270 g/mol. The summed E-state index contributed by atoms with van der Waals surface area (Å²) in [7, 11) is 0. The highest BCUT2D eigenvalue weighted by Gasteiger charge is 2.07. The first-order valence-electron chi connectivity index (χ1n) is 4.63. The van der Waals surface area contributed by atoms with E-state index < -0.39 is 6.03 Å². The molecule has 6 nitrogen and oxygen atoms in total. The lowest BCUT2D eigenvalue weighted by molar-refractivity contribution is 0.262. The van der Waals surface area contributed by atoms with E-state index in [9.17, 15) is 4.79 Å². The Bertz CT molecular complexity index is 579. The van der Waals surface area contributed by atoms with Gasteiger partial charge in [0.05, 0.1) is 0 Å². The molecule has 0 saturated carbocycles. The van der Waals surface area contributed by atoms with Crippen molar-refractivity contribution in [1.29, 1.82) is 0 Å². The van der Waals surface area contributed by atoms with E-state index in [2.05, 4.69) is 20.7 Å². The second-order valence-electron chi connectivity index (χ2n) is 3.08. The maximum absolute atomic E-state index is 11.6. The first kappa shape index (κ1) is 11.6. The Hall–Kier alpha value is -1.86. The summed E-state index contributed by atoms with van der Waals surface area (Å²) in [5.41, 5.74) is 0.667. The molecule has 88 valence electrons. The van der Waals surface area contributed by atoms with Gasteiger partial charge in [0.1, 0.15) is 0 Å². The van der Waals surface area contributed by atoms with Crippen molar-refractivity contribution in [2.24, 2.45) is 0 Å². The number of benzene rings is 1. The molecule has 2 amide bonds. The molecule has 1 aromatic heterocycles.